The summed E-state index contributed by atoms with van der Waals surface area (Å²) >= 11 is 5.81. The number of fused-ring (bicyclic) bond motifs is 1. The molecule has 1 aliphatic rings. The molecule has 0 saturated heterocycles. The SMILES string of the molecule is CNC1COc2cc(Cl)ccc21.Cl. The second-order valence-corrected chi connectivity index (χ2v) is 3.27. The first-order valence-electron chi connectivity index (χ1n) is 3.91. The summed E-state index contributed by atoms with van der Waals surface area (Å²) in [5.74, 6) is 0.904. The maximum Gasteiger partial charge on any atom is 0.125 e. The fraction of sp³-hybridized carbons (Fsp3) is 0.333. The summed E-state index contributed by atoms with van der Waals surface area (Å²) in [7, 11) is 1.93. The smallest absolute Gasteiger partial charge is 0.125 e. The summed E-state index contributed by atoms with van der Waals surface area (Å²) in [6.07, 6.45) is 0. The van der Waals surface area contributed by atoms with E-state index in [4.69, 9.17) is 16.3 Å². The van der Waals surface area contributed by atoms with Gasteiger partial charge in [-0.25, -0.2) is 0 Å². The molecule has 1 N–H and O–H groups in total. The van der Waals surface area contributed by atoms with Gasteiger partial charge in [-0.05, 0) is 19.2 Å². The summed E-state index contributed by atoms with van der Waals surface area (Å²) in [6.45, 7) is 0.701. The minimum Gasteiger partial charge on any atom is -0.491 e. The lowest BCUT2D eigenvalue weighted by atomic mass is 10.1. The van der Waals surface area contributed by atoms with Crippen LogP contribution in [0.2, 0.25) is 5.02 Å². The van der Waals surface area contributed by atoms with Crippen LogP contribution in [0.1, 0.15) is 11.6 Å². The van der Waals surface area contributed by atoms with Crippen LogP contribution in [0, 0.1) is 0 Å². The van der Waals surface area contributed by atoms with E-state index in [-0.39, 0.29) is 12.4 Å². The number of likely N-dealkylation sites (N-methyl/N-ethyl adjacent to an activating group) is 1. The molecule has 1 aliphatic heterocycles. The Hall–Kier alpha value is -0.440. The van der Waals surface area contributed by atoms with E-state index in [9.17, 15) is 0 Å². The number of nitrogens with one attached hydrogen (secondary N) is 1. The summed E-state index contributed by atoms with van der Waals surface area (Å²) in [5.41, 5.74) is 1.20. The number of rotatable bonds is 1. The van der Waals surface area contributed by atoms with E-state index in [1.807, 2.05) is 25.2 Å². The molecule has 0 aromatic heterocycles. The fourth-order valence-electron chi connectivity index (χ4n) is 1.42. The number of halogens is 2. The molecule has 1 aromatic carbocycles. The quantitative estimate of drug-likeness (QED) is 0.784. The Kier molecular flexibility index (Phi) is 3.42. The van der Waals surface area contributed by atoms with Gasteiger partial charge < -0.3 is 10.1 Å². The molecule has 0 spiro atoms. The molecule has 1 heterocycles. The molecule has 4 heteroatoms. The zero-order valence-corrected chi connectivity index (χ0v) is 8.78. The lowest BCUT2D eigenvalue weighted by Gasteiger charge is -2.05. The van der Waals surface area contributed by atoms with Crippen molar-refractivity contribution in [3.05, 3.63) is 28.8 Å². The van der Waals surface area contributed by atoms with Gasteiger partial charge in [-0.1, -0.05) is 17.7 Å². The molecule has 2 nitrogen and oxygen atoms in total. The Morgan fingerprint density at radius 3 is 3.00 bits per heavy atom. The average molecular weight is 220 g/mol. The van der Waals surface area contributed by atoms with Gasteiger partial charge in [0.2, 0.25) is 0 Å². The molecule has 0 amide bonds. The van der Waals surface area contributed by atoms with Gasteiger partial charge in [0.1, 0.15) is 12.4 Å². The molecule has 0 aliphatic carbocycles. The normalized spacial score (nSPS) is 18.8. The molecule has 0 fully saturated rings. The van der Waals surface area contributed by atoms with Crippen molar-refractivity contribution in [3.63, 3.8) is 0 Å². The highest BCUT2D eigenvalue weighted by Gasteiger charge is 2.21. The standard InChI is InChI=1S/C9H10ClNO.ClH/c1-11-8-5-12-9-4-6(10)2-3-7(8)9;/h2-4,8,11H,5H2,1H3;1H. The van der Waals surface area contributed by atoms with Crippen molar-refractivity contribution in [1.29, 1.82) is 0 Å². The van der Waals surface area contributed by atoms with E-state index < -0.39 is 0 Å². The van der Waals surface area contributed by atoms with Crippen molar-refractivity contribution in [2.24, 2.45) is 0 Å². The Bertz CT molecular complexity index is 304. The predicted molar refractivity (Wildman–Crippen MR) is 56.0 cm³/mol. The van der Waals surface area contributed by atoms with E-state index in [1.165, 1.54) is 5.56 Å². The minimum atomic E-state index is 0. The fourth-order valence-corrected chi connectivity index (χ4v) is 1.58. The number of benzene rings is 1. The lowest BCUT2D eigenvalue weighted by Crippen LogP contribution is -2.16. The summed E-state index contributed by atoms with van der Waals surface area (Å²) in [5, 5.41) is 3.90. The van der Waals surface area contributed by atoms with E-state index >= 15 is 0 Å². The van der Waals surface area contributed by atoms with Crippen molar-refractivity contribution in [3.8, 4) is 5.75 Å². The van der Waals surface area contributed by atoms with Crippen molar-refractivity contribution < 1.29 is 4.74 Å². The zero-order chi connectivity index (χ0) is 8.55. The van der Waals surface area contributed by atoms with Crippen molar-refractivity contribution >= 4 is 24.0 Å². The second kappa shape index (κ2) is 4.18. The molecule has 1 aromatic rings. The zero-order valence-electron chi connectivity index (χ0n) is 7.21. The van der Waals surface area contributed by atoms with Crippen molar-refractivity contribution in [2.45, 2.75) is 6.04 Å². The van der Waals surface area contributed by atoms with Crippen LogP contribution in [-0.2, 0) is 0 Å². The first-order valence-corrected chi connectivity index (χ1v) is 4.28. The third kappa shape index (κ3) is 1.90. The maximum atomic E-state index is 5.81. The first-order chi connectivity index (χ1) is 5.81. The molecule has 1 atom stereocenters. The average Bonchev–Trinajstić information content (AvgIpc) is 2.46. The predicted octanol–water partition coefficient (Wildman–Crippen LogP) is 2.41. The van der Waals surface area contributed by atoms with Crippen LogP contribution < -0.4 is 10.1 Å². The van der Waals surface area contributed by atoms with E-state index in [1.54, 1.807) is 0 Å². The maximum absolute atomic E-state index is 5.81. The van der Waals surface area contributed by atoms with Gasteiger partial charge in [0.15, 0.2) is 0 Å². The van der Waals surface area contributed by atoms with Crippen LogP contribution in [0.5, 0.6) is 5.75 Å². The second-order valence-electron chi connectivity index (χ2n) is 2.83. The molecule has 72 valence electrons. The highest BCUT2D eigenvalue weighted by atomic mass is 35.5. The Balaban J connectivity index is 0.000000845. The van der Waals surface area contributed by atoms with Gasteiger partial charge in [-0.2, -0.15) is 0 Å². The molecule has 0 radical (unpaired) electrons. The Morgan fingerprint density at radius 1 is 1.54 bits per heavy atom. The monoisotopic (exact) mass is 219 g/mol. The van der Waals surface area contributed by atoms with Crippen LogP contribution in [0.15, 0.2) is 18.2 Å². The highest BCUT2D eigenvalue weighted by Crippen LogP contribution is 2.33. The Morgan fingerprint density at radius 2 is 2.31 bits per heavy atom. The number of hydrogen-bond donors (Lipinski definition) is 1. The number of hydrogen-bond acceptors (Lipinski definition) is 2. The van der Waals surface area contributed by atoms with Gasteiger partial charge in [-0.15, -0.1) is 12.4 Å². The minimum absolute atomic E-state index is 0. The van der Waals surface area contributed by atoms with Crippen LogP contribution in [0.3, 0.4) is 0 Å². The van der Waals surface area contributed by atoms with Crippen LogP contribution in [0.4, 0.5) is 0 Å². The third-order valence-electron chi connectivity index (χ3n) is 2.10. The number of ether oxygens (including phenoxy) is 1. The molecule has 1 unspecified atom stereocenters. The van der Waals surface area contributed by atoms with E-state index in [2.05, 4.69) is 5.32 Å². The molecular weight excluding hydrogens is 209 g/mol. The van der Waals surface area contributed by atoms with Gasteiger partial charge >= 0.3 is 0 Å². The van der Waals surface area contributed by atoms with Gasteiger partial charge in [0.05, 0.1) is 6.04 Å². The largest absolute Gasteiger partial charge is 0.491 e. The van der Waals surface area contributed by atoms with Crippen LogP contribution >= 0.6 is 24.0 Å². The lowest BCUT2D eigenvalue weighted by molar-refractivity contribution is 0.318. The van der Waals surface area contributed by atoms with E-state index in [0.717, 1.165) is 10.8 Å². The van der Waals surface area contributed by atoms with Gasteiger partial charge in [0.25, 0.3) is 0 Å². The summed E-state index contributed by atoms with van der Waals surface area (Å²) < 4.78 is 5.44. The van der Waals surface area contributed by atoms with Crippen molar-refractivity contribution in [2.75, 3.05) is 13.7 Å². The highest BCUT2D eigenvalue weighted by molar-refractivity contribution is 6.30. The Labute approximate surface area is 88.6 Å². The van der Waals surface area contributed by atoms with E-state index in [0.29, 0.717) is 12.6 Å². The van der Waals surface area contributed by atoms with Gasteiger partial charge in [-0.3, -0.25) is 0 Å². The van der Waals surface area contributed by atoms with Crippen molar-refractivity contribution in [1.82, 2.24) is 5.32 Å². The van der Waals surface area contributed by atoms with Gasteiger partial charge in [0, 0.05) is 10.6 Å². The first kappa shape index (κ1) is 10.6. The summed E-state index contributed by atoms with van der Waals surface area (Å²) in [6, 6.07) is 6.07. The molecule has 0 bridgehead atoms. The topological polar surface area (TPSA) is 21.3 Å². The molecule has 13 heavy (non-hydrogen) atoms. The molecule has 2 rings (SSSR count). The third-order valence-corrected chi connectivity index (χ3v) is 2.34. The van der Waals surface area contributed by atoms with Crippen LogP contribution in [-0.4, -0.2) is 13.7 Å². The molecular formula is C9H11Cl2NO. The summed E-state index contributed by atoms with van der Waals surface area (Å²) in [4.78, 5) is 0. The molecule has 0 saturated carbocycles. The van der Waals surface area contributed by atoms with Crippen LogP contribution in [0.25, 0.3) is 0 Å².